The summed E-state index contributed by atoms with van der Waals surface area (Å²) < 4.78 is 0. The number of fused-ring (bicyclic) bond motifs is 1. The Balaban J connectivity index is 2.29. The van der Waals surface area contributed by atoms with Crippen LogP contribution in [-0.2, 0) is 4.79 Å². The summed E-state index contributed by atoms with van der Waals surface area (Å²) in [6.07, 6.45) is 7.19. The minimum Gasteiger partial charge on any atom is -0.478 e. The van der Waals surface area contributed by atoms with Crippen molar-refractivity contribution in [1.82, 2.24) is 0 Å². The number of carboxylic acid groups (broad SMARTS) is 1. The highest BCUT2D eigenvalue weighted by Crippen LogP contribution is 2.60. The van der Waals surface area contributed by atoms with E-state index >= 15 is 0 Å². The summed E-state index contributed by atoms with van der Waals surface area (Å²) in [5.41, 5.74) is 1.91. The van der Waals surface area contributed by atoms with Crippen LogP contribution < -0.4 is 0 Å². The molecule has 136 valence electrons. The standard InChI is InChI=1S/C20H32O4/c1-13(9-18(23)24)5-7-16-14(12-21)6-8-17-19(2,3)10-15(22)11-20(16,17)4/h6,9,15-17,21-22H,5,7-8,10-12H2,1-4H3,(H,23,24)/b13-9+/t15-,16-,17-,20+/m0/s1. The zero-order chi connectivity index (χ0) is 18.1. The topological polar surface area (TPSA) is 77.8 Å². The Labute approximate surface area is 145 Å². The van der Waals surface area contributed by atoms with Crippen molar-refractivity contribution >= 4 is 5.97 Å². The van der Waals surface area contributed by atoms with E-state index in [4.69, 9.17) is 5.11 Å². The SMILES string of the molecule is C/C(=C\C(=O)O)CC[C@H]1C(CO)=CC[C@H]2C(C)(C)C[C@H](O)C[C@]12C. The molecule has 4 nitrogen and oxygen atoms in total. The van der Waals surface area contributed by atoms with Crippen molar-refractivity contribution in [3.05, 3.63) is 23.3 Å². The Bertz CT molecular complexity index is 546. The fraction of sp³-hybridized carbons (Fsp3) is 0.750. The van der Waals surface area contributed by atoms with Gasteiger partial charge in [-0.15, -0.1) is 0 Å². The molecule has 0 aromatic heterocycles. The number of carboxylic acids is 1. The van der Waals surface area contributed by atoms with Gasteiger partial charge in [-0.05, 0) is 67.3 Å². The molecule has 0 bridgehead atoms. The number of rotatable bonds is 5. The molecule has 0 aliphatic heterocycles. The zero-order valence-corrected chi connectivity index (χ0v) is 15.4. The van der Waals surface area contributed by atoms with Gasteiger partial charge in [0.2, 0.25) is 0 Å². The molecule has 2 aliphatic carbocycles. The number of aliphatic hydroxyl groups is 2. The first-order valence-corrected chi connectivity index (χ1v) is 8.98. The van der Waals surface area contributed by atoms with Gasteiger partial charge in [0.1, 0.15) is 0 Å². The van der Waals surface area contributed by atoms with Crippen molar-refractivity contribution in [2.75, 3.05) is 6.61 Å². The van der Waals surface area contributed by atoms with E-state index in [0.29, 0.717) is 12.3 Å². The highest BCUT2D eigenvalue weighted by molar-refractivity contribution is 5.80. The van der Waals surface area contributed by atoms with E-state index in [1.807, 2.05) is 6.92 Å². The monoisotopic (exact) mass is 336 g/mol. The van der Waals surface area contributed by atoms with Crippen LogP contribution in [0.3, 0.4) is 0 Å². The normalized spacial score (nSPS) is 36.0. The van der Waals surface area contributed by atoms with Crippen LogP contribution in [0.15, 0.2) is 23.3 Å². The van der Waals surface area contributed by atoms with Crippen LogP contribution >= 0.6 is 0 Å². The van der Waals surface area contributed by atoms with E-state index < -0.39 is 5.97 Å². The number of hydrogen-bond donors (Lipinski definition) is 3. The summed E-state index contributed by atoms with van der Waals surface area (Å²) in [6.45, 7) is 8.63. The van der Waals surface area contributed by atoms with Crippen molar-refractivity contribution in [2.24, 2.45) is 22.7 Å². The number of allylic oxidation sites excluding steroid dienone is 2. The predicted octanol–water partition coefficient (Wildman–Crippen LogP) is 3.54. The zero-order valence-electron chi connectivity index (χ0n) is 15.4. The van der Waals surface area contributed by atoms with Crippen LogP contribution in [0, 0.1) is 22.7 Å². The number of carbonyl (C=O) groups is 1. The van der Waals surface area contributed by atoms with Gasteiger partial charge in [-0.3, -0.25) is 0 Å². The van der Waals surface area contributed by atoms with E-state index in [1.54, 1.807) is 0 Å². The third-order valence-corrected chi connectivity index (χ3v) is 6.42. The quantitative estimate of drug-likeness (QED) is 0.530. The Morgan fingerprint density at radius 3 is 2.58 bits per heavy atom. The maximum atomic E-state index is 10.8. The maximum Gasteiger partial charge on any atom is 0.328 e. The lowest BCUT2D eigenvalue weighted by Crippen LogP contribution is -2.52. The first-order valence-electron chi connectivity index (χ1n) is 8.98. The summed E-state index contributed by atoms with van der Waals surface area (Å²) in [5, 5.41) is 29.2. The summed E-state index contributed by atoms with van der Waals surface area (Å²) in [7, 11) is 0. The molecular weight excluding hydrogens is 304 g/mol. The van der Waals surface area contributed by atoms with Crippen molar-refractivity contribution in [3.63, 3.8) is 0 Å². The van der Waals surface area contributed by atoms with E-state index in [-0.39, 0.29) is 29.5 Å². The molecule has 0 aromatic rings. The van der Waals surface area contributed by atoms with Gasteiger partial charge in [-0.1, -0.05) is 32.4 Å². The fourth-order valence-corrected chi connectivity index (χ4v) is 5.52. The first-order chi connectivity index (χ1) is 11.1. The van der Waals surface area contributed by atoms with Gasteiger partial charge in [0.15, 0.2) is 0 Å². The highest BCUT2D eigenvalue weighted by Gasteiger charge is 2.54. The van der Waals surface area contributed by atoms with Crippen LogP contribution in [0.2, 0.25) is 0 Å². The van der Waals surface area contributed by atoms with Crippen molar-refractivity contribution in [1.29, 1.82) is 0 Å². The van der Waals surface area contributed by atoms with Gasteiger partial charge < -0.3 is 15.3 Å². The van der Waals surface area contributed by atoms with Crippen LogP contribution in [0.25, 0.3) is 0 Å². The molecule has 0 unspecified atom stereocenters. The highest BCUT2D eigenvalue weighted by atomic mass is 16.4. The second-order valence-corrected chi connectivity index (χ2v) is 8.70. The molecule has 0 amide bonds. The molecule has 4 atom stereocenters. The predicted molar refractivity (Wildman–Crippen MR) is 94.5 cm³/mol. The van der Waals surface area contributed by atoms with Crippen LogP contribution in [0.1, 0.15) is 59.8 Å². The molecule has 3 N–H and O–H groups in total. The molecule has 0 spiro atoms. The molecule has 1 fully saturated rings. The first kappa shape index (κ1) is 19.2. The van der Waals surface area contributed by atoms with Gasteiger partial charge in [-0.2, -0.15) is 0 Å². The molecule has 0 saturated heterocycles. The number of aliphatic carboxylic acids is 1. The lowest BCUT2D eigenvalue weighted by atomic mass is 9.47. The third kappa shape index (κ3) is 3.75. The van der Waals surface area contributed by atoms with E-state index in [9.17, 15) is 15.0 Å². The molecule has 1 saturated carbocycles. The fourth-order valence-electron chi connectivity index (χ4n) is 5.52. The molecule has 0 radical (unpaired) electrons. The number of hydrogen-bond acceptors (Lipinski definition) is 3. The van der Waals surface area contributed by atoms with Gasteiger partial charge in [0.05, 0.1) is 12.7 Å². The molecule has 24 heavy (non-hydrogen) atoms. The number of aliphatic hydroxyl groups excluding tert-OH is 2. The molecule has 0 aromatic carbocycles. The van der Waals surface area contributed by atoms with Crippen LogP contribution in [0.4, 0.5) is 0 Å². The van der Waals surface area contributed by atoms with Crippen molar-refractivity contribution in [3.8, 4) is 0 Å². The molecule has 0 heterocycles. The molecule has 4 heteroatoms. The molecule has 2 rings (SSSR count). The van der Waals surface area contributed by atoms with Gasteiger partial charge in [-0.25, -0.2) is 4.79 Å². The van der Waals surface area contributed by atoms with Gasteiger partial charge >= 0.3 is 5.97 Å². The van der Waals surface area contributed by atoms with E-state index in [2.05, 4.69) is 26.8 Å². The summed E-state index contributed by atoms with van der Waals surface area (Å²) in [4.78, 5) is 10.8. The lowest BCUT2D eigenvalue weighted by molar-refractivity contribution is -0.131. The Morgan fingerprint density at radius 1 is 1.33 bits per heavy atom. The van der Waals surface area contributed by atoms with E-state index in [1.165, 1.54) is 6.08 Å². The second kappa shape index (κ2) is 7.01. The summed E-state index contributed by atoms with van der Waals surface area (Å²) >= 11 is 0. The van der Waals surface area contributed by atoms with Crippen molar-refractivity contribution < 1.29 is 20.1 Å². The lowest BCUT2D eigenvalue weighted by Gasteiger charge is -2.58. The maximum absolute atomic E-state index is 10.8. The summed E-state index contributed by atoms with van der Waals surface area (Å²) in [5.74, 6) is -0.252. The third-order valence-electron chi connectivity index (χ3n) is 6.42. The second-order valence-electron chi connectivity index (χ2n) is 8.70. The van der Waals surface area contributed by atoms with Crippen molar-refractivity contribution in [2.45, 2.75) is 65.9 Å². The molecule has 2 aliphatic rings. The molecular formula is C20H32O4. The van der Waals surface area contributed by atoms with Crippen LogP contribution in [-0.4, -0.2) is 34.0 Å². The average Bonchev–Trinajstić information content (AvgIpc) is 2.42. The largest absolute Gasteiger partial charge is 0.478 e. The minimum absolute atomic E-state index is 0.0468. The average molecular weight is 336 g/mol. The Kier molecular flexibility index (Phi) is 5.61. The van der Waals surface area contributed by atoms with Crippen LogP contribution in [0.5, 0.6) is 0 Å². The summed E-state index contributed by atoms with van der Waals surface area (Å²) in [6, 6.07) is 0. The van der Waals surface area contributed by atoms with Gasteiger partial charge in [0, 0.05) is 6.08 Å². The Morgan fingerprint density at radius 2 is 2.00 bits per heavy atom. The Hall–Kier alpha value is -1.13. The minimum atomic E-state index is -0.910. The van der Waals surface area contributed by atoms with Gasteiger partial charge in [0.25, 0.3) is 0 Å². The van der Waals surface area contributed by atoms with E-state index in [0.717, 1.165) is 36.8 Å². The smallest absolute Gasteiger partial charge is 0.328 e.